The van der Waals surface area contributed by atoms with E-state index in [1.54, 1.807) is 0 Å². The molecule has 3 unspecified atom stereocenters. The van der Waals surface area contributed by atoms with Crippen LogP contribution >= 0.6 is 0 Å². The summed E-state index contributed by atoms with van der Waals surface area (Å²) in [7, 11) is 0. The van der Waals surface area contributed by atoms with Crippen LogP contribution in [0.3, 0.4) is 0 Å². The second-order valence-corrected chi connectivity index (χ2v) is 10.4. The number of rotatable bonds is 6. The highest BCUT2D eigenvalue weighted by molar-refractivity contribution is 5.64. The largest absolute Gasteiger partial charge is 0.573 e. The first-order chi connectivity index (χ1) is 16.2. The highest BCUT2D eigenvalue weighted by Crippen LogP contribution is 2.69. The fourth-order valence-electron chi connectivity index (χ4n) is 6.50. The van der Waals surface area contributed by atoms with Gasteiger partial charge in [-0.2, -0.15) is 5.10 Å². The predicted molar refractivity (Wildman–Crippen MR) is 119 cm³/mol. The number of pyridine rings is 1. The number of aromatic nitrogens is 3. The highest BCUT2D eigenvalue weighted by atomic mass is 19.4. The number of nitrogens with zero attached hydrogens (tertiary/aromatic N) is 4. The fourth-order valence-corrected chi connectivity index (χ4v) is 6.50. The van der Waals surface area contributed by atoms with E-state index < -0.39 is 12.1 Å². The molecule has 10 heteroatoms. The third-order valence-corrected chi connectivity index (χ3v) is 8.57. The minimum Gasteiger partial charge on any atom is -0.402 e. The standard InChI is InChI=1S/C24H30F3N5O2/c1-3-13(2)32-19(7-18(30-32)14-6-20(22(28)29-10-14)34-24(25,26)27)21-16-8-23(9-17(16)21)4-5-31(23)15-11-33-12-15/h6-7,10,13,15-17,21H,3-5,8-9,11-12H2,1-2H3,(H2,28,29)/t13?,16-,17+,21?,23?. The fraction of sp³-hybridized carbons (Fsp3) is 0.667. The van der Waals surface area contributed by atoms with Gasteiger partial charge >= 0.3 is 6.36 Å². The molecule has 4 fully saturated rings. The van der Waals surface area contributed by atoms with Crippen molar-refractivity contribution in [2.24, 2.45) is 11.8 Å². The maximum atomic E-state index is 12.8. The van der Waals surface area contributed by atoms with Crippen LogP contribution in [-0.4, -0.2) is 57.4 Å². The zero-order valence-corrected chi connectivity index (χ0v) is 19.4. The molecule has 184 valence electrons. The summed E-state index contributed by atoms with van der Waals surface area (Å²) in [5.74, 6) is 0.940. The number of ether oxygens (including phenoxy) is 2. The summed E-state index contributed by atoms with van der Waals surface area (Å²) in [6.07, 6.45) is 1.25. The normalized spacial score (nSPS) is 31.7. The Labute approximate surface area is 196 Å². The highest BCUT2D eigenvalue weighted by Gasteiger charge is 2.67. The Balaban J connectivity index is 1.26. The molecule has 0 amide bonds. The molecule has 2 saturated carbocycles. The third-order valence-electron chi connectivity index (χ3n) is 8.57. The Bertz CT molecular complexity index is 1090. The van der Waals surface area contributed by atoms with Crippen molar-refractivity contribution in [1.82, 2.24) is 19.7 Å². The van der Waals surface area contributed by atoms with Crippen molar-refractivity contribution in [1.29, 1.82) is 0 Å². The Morgan fingerprint density at radius 3 is 2.56 bits per heavy atom. The molecular formula is C24H30F3N5O2. The van der Waals surface area contributed by atoms with E-state index >= 15 is 0 Å². The summed E-state index contributed by atoms with van der Waals surface area (Å²) in [5.41, 5.74) is 8.23. The molecule has 2 aromatic heterocycles. The van der Waals surface area contributed by atoms with Gasteiger partial charge in [-0.05, 0) is 56.6 Å². The van der Waals surface area contributed by atoms with E-state index in [9.17, 15) is 13.2 Å². The van der Waals surface area contributed by atoms with E-state index in [4.69, 9.17) is 15.6 Å². The summed E-state index contributed by atoms with van der Waals surface area (Å²) < 4.78 is 49.9. The molecule has 2 aliphatic carbocycles. The average Bonchev–Trinajstić information content (AvgIpc) is 3.10. The number of halogens is 3. The second kappa shape index (κ2) is 7.58. The first-order valence-corrected chi connectivity index (χ1v) is 12.1. The molecule has 0 radical (unpaired) electrons. The summed E-state index contributed by atoms with van der Waals surface area (Å²) >= 11 is 0. The minimum atomic E-state index is -4.84. The van der Waals surface area contributed by atoms with Crippen LogP contribution in [0.25, 0.3) is 11.3 Å². The van der Waals surface area contributed by atoms with Crippen LogP contribution in [-0.2, 0) is 4.74 Å². The number of nitrogens with two attached hydrogens (primary N) is 1. The number of fused-ring (bicyclic) bond motifs is 1. The van der Waals surface area contributed by atoms with Crippen LogP contribution in [0.4, 0.5) is 19.0 Å². The molecule has 4 heterocycles. The monoisotopic (exact) mass is 477 g/mol. The van der Waals surface area contributed by atoms with Crippen LogP contribution in [0.5, 0.6) is 5.75 Å². The van der Waals surface area contributed by atoms with Gasteiger partial charge in [0.05, 0.1) is 24.9 Å². The first kappa shape index (κ1) is 22.2. The molecule has 4 aliphatic rings. The lowest BCUT2D eigenvalue weighted by molar-refractivity contribution is -0.274. The lowest BCUT2D eigenvalue weighted by Crippen LogP contribution is -2.67. The van der Waals surface area contributed by atoms with E-state index in [1.807, 2.05) is 6.07 Å². The number of hydrogen-bond donors (Lipinski definition) is 1. The van der Waals surface area contributed by atoms with Gasteiger partial charge in [-0.15, -0.1) is 13.2 Å². The predicted octanol–water partition coefficient (Wildman–Crippen LogP) is 4.36. The van der Waals surface area contributed by atoms with Gasteiger partial charge in [0, 0.05) is 41.5 Å². The van der Waals surface area contributed by atoms with E-state index in [-0.39, 0.29) is 11.9 Å². The molecule has 0 aromatic carbocycles. The second-order valence-electron chi connectivity index (χ2n) is 10.4. The molecule has 1 spiro atoms. The minimum absolute atomic E-state index is 0.194. The quantitative estimate of drug-likeness (QED) is 0.666. The van der Waals surface area contributed by atoms with Gasteiger partial charge in [-0.1, -0.05) is 6.92 Å². The number of likely N-dealkylation sites (tertiary alicyclic amines) is 1. The van der Waals surface area contributed by atoms with Crippen molar-refractivity contribution in [3.8, 4) is 17.0 Å². The van der Waals surface area contributed by atoms with Gasteiger partial charge in [0.25, 0.3) is 0 Å². The SMILES string of the molecule is CCC(C)n1nc(-c2cnc(N)c(OC(F)(F)F)c2)cc1C1[C@H]2CC3(CCN3C3COC3)C[C@@H]12. The van der Waals surface area contributed by atoms with Gasteiger partial charge in [-0.25, -0.2) is 4.98 Å². The molecular weight excluding hydrogens is 447 g/mol. The lowest BCUT2D eigenvalue weighted by atomic mass is 9.77. The van der Waals surface area contributed by atoms with Crippen molar-refractivity contribution in [3.63, 3.8) is 0 Å². The van der Waals surface area contributed by atoms with Gasteiger partial charge in [0.2, 0.25) is 0 Å². The number of anilines is 1. The van der Waals surface area contributed by atoms with Crippen molar-refractivity contribution >= 4 is 5.82 Å². The molecule has 0 bridgehead atoms. The van der Waals surface area contributed by atoms with Crippen molar-refractivity contribution in [3.05, 3.63) is 24.0 Å². The third kappa shape index (κ3) is 3.48. The number of hydrogen-bond acceptors (Lipinski definition) is 6. The summed E-state index contributed by atoms with van der Waals surface area (Å²) in [5, 5.41) is 4.82. The zero-order chi connectivity index (χ0) is 23.8. The summed E-state index contributed by atoms with van der Waals surface area (Å²) in [4.78, 5) is 6.61. The van der Waals surface area contributed by atoms with Crippen molar-refractivity contribution in [2.75, 3.05) is 25.5 Å². The maximum Gasteiger partial charge on any atom is 0.573 e. The molecule has 6 rings (SSSR count). The Hall–Kier alpha value is -2.33. The molecule has 2 saturated heterocycles. The average molecular weight is 478 g/mol. The smallest absolute Gasteiger partial charge is 0.402 e. The van der Waals surface area contributed by atoms with Crippen molar-refractivity contribution in [2.45, 2.75) is 69.4 Å². The van der Waals surface area contributed by atoms with Crippen LogP contribution in [0.15, 0.2) is 18.3 Å². The number of alkyl halides is 3. The lowest BCUT2D eigenvalue weighted by Gasteiger charge is -2.57. The van der Waals surface area contributed by atoms with Crippen LogP contribution < -0.4 is 10.5 Å². The van der Waals surface area contributed by atoms with Crippen LogP contribution in [0, 0.1) is 11.8 Å². The molecule has 34 heavy (non-hydrogen) atoms. The van der Waals surface area contributed by atoms with E-state index in [0.717, 1.165) is 19.6 Å². The molecule has 2 N–H and O–H groups in total. The van der Waals surface area contributed by atoms with Gasteiger partial charge < -0.3 is 15.2 Å². The van der Waals surface area contributed by atoms with Gasteiger partial charge in [-0.3, -0.25) is 9.58 Å². The Morgan fingerprint density at radius 2 is 2.00 bits per heavy atom. The number of nitrogen functional groups attached to an aromatic ring is 1. The van der Waals surface area contributed by atoms with Crippen molar-refractivity contribution < 1.29 is 22.6 Å². The summed E-state index contributed by atoms with van der Waals surface area (Å²) in [6, 6.07) is 4.09. The van der Waals surface area contributed by atoms with E-state index in [1.165, 1.54) is 43.8 Å². The zero-order valence-electron chi connectivity index (χ0n) is 19.4. The molecule has 5 atom stereocenters. The van der Waals surface area contributed by atoms with Gasteiger partial charge in [0.15, 0.2) is 11.6 Å². The Kier molecular flexibility index (Phi) is 4.94. The van der Waals surface area contributed by atoms with Crippen LogP contribution in [0.1, 0.15) is 57.2 Å². The first-order valence-electron chi connectivity index (χ1n) is 12.1. The van der Waals surface area contributed by atoms with E-state index in [2.05, 4.69) is 33.2 Å². The molecule has 2 aliphatic heterocycles. The molecule has 7 nitrogen and oxygen atoms in total. The Morgan fingerprint density at radius 1 is 1.26 bits per heavy atom. The topological polar surface area (TPSA) is 78.4 Å². The maximum absolute atomic E-state index is 12.8. The van der Waals surface area contributed by atoms with E-state index in [0.29, 0.717) is 40.6 Å². The van der Waals surface area contributed by atoms with Gasteiger partial charge in [0.1, 0.15) is 0 Å². The molecule has 2 aromatic rings. The summed E-state index contributed by atoms with van der Waals surface area (Å²) in [6.45, 7) is 7.15. The van der Waals surface area contributed by atoms with Crippen LogP contribution in [0.2, 0.25) is 0 Å².